The van der Waals surface area contributed by atoms with Gasteiger partial charge in [0.25, 0.3) is 0 Å². The number of allylic oxidation sites excluding steroid dienone is 1. The van der Waals surface area contributed by atoms with Crippen molar-refractivity contribution in [2.24, 2.45) is 0 Å². The monoisotopic (exact) mass is 310 g/mol. The van der Waals surface area contributed by atoms with Gasteiger partial charge in [0, 0.05) is 16.6 Å². The number of carbonyl (C=O) groups is 1. The smallest absolute Gasteiger partial charge is 0.194 e. The Morgan fingerprint density at radius 3 is 2.68 bits per heavy atom. The largest absolute Gasteiger partial charge is 0.290 e. The van der Waals surface area contributed by atoms with Gasteiger partial charge in [-0.25, -0.2) is 4.98 Å². The molecule has 1 aromatic carbocycles. The highest BCUT2D eigenvalue weighted by molar-refractivity contribution is 7.17. The Kier molecular flexibility index (Phi) is 3.71. The predicted molar refractivity (Wildman–Crippen MR) is 91.8 cm³/mol. The predicted octanol–water partition coefficient (Wildman–Crippen LogP) is 4.53. The Morgan fingerprint density at radius 2 is 1.95 bits per heavy atom. The van der Waals surface area contributed by atoms with E-state index in [4.69, 9.17) is 0 Å². The van der Waals surface area contributed by atoms with E-state index in [0.29, 0.717) is 0 Å². The molecule has 0 unspecified atom stereocenters. The van der Waals surface area contributed by atoms with E-state index in [9.17, 15) is 4.79 Å². The molecule has 3 rings (SSSR count). The fourth-order valence-corrected chi connectivity index (χ4v) is 3.31. The Hall–Kier alpha value is -2.20. The molecule has 2 heterocycles. The SMILES string of the molecule is Cc1cn2c(/C=C/C(=O)c3ccc(C)c(C)c3)c(C)nc2s1. The van der Waals surface area contributed by atoms with Gasteiger partial charge in [-0.1, -0.05) is 12.1 Å². The third-order valence-electron chi connectivity index (χ3n) is 3.85. The zero-order chi connectivity index (χ0) is 15.9. The molecule has 0 bridgehead atoms. The second-order valence-electron chi connectivity index (χ2n) is 5.57. The number of rotatable bonds is 3. The molecule has 0 saturated heterocycles. The molecule has 2 aromatic heterocycles. The lowest BCUT2D eigenvalue weighted by Crippen LogP contribution is -1.96. The molecular formula is C18H18N2OS. The van der Waals surface area contributed by atoms with Gasteiger partial charge >= 0.3 is 0 Å². The first-order valence-corrected chi connectivity index (χ1v) is 8.02. The van der Waals surface area contributed by atoms with Crippen LogP contribution in [0.25, 0.3) is 11.0 Å². The van der Waals surface area contributed by atoms with Crippen molar-refractivity contribution in [3.05, 3.63) is 63.4 Å². The zero-order valence-electron chi connectivity index (χ0n) is 13.2. The maximum Gasteiger partial charge on any atom is 0.194 e. The Bertz CT molecular complexity index is 899. The van der Waals surface area contributed by atoms with Crippen LogP contribution in [0.3, 0.4) is 0 Å². The van der Waals surface area contributed by atoms with Gasteiger partial charge in [0.2, 0.25) is 0 Å². The molecule has 0 saturated carbocycles. The lowest BCUT2D eigenvalue weighted by molar-refractivity contribution is 0.104. The minimum atomic E-state index is 0.0180. The molecule has 112 valence electrons. The first-order chi connectivity index (χ1) is 10.5. The Labute approximate surface area is 133 Å². The fraction of sp³-hybridized carbons (Fsp3) is 0.222. The number of nitrogens with zero attached hydrogens (tertiary/aromatic N) is 2. The van der Waals surface area contributed by atoms with Crippen molar-refractivity contribution >= 4 is 28.2 Å². The number of aromatic nitrogens is 2. The van der Waals surface area contributed by atoms with Crippen molar-refractivity contribution in [3.63, 3.8) is 0 Å². The van der Waals surface area contributed by atoms with Crippen LogP contribution in [0.2, 0.25) is 0 Å². The molecule has 0 spiro atoms. The van der Waals surface area contributed by atoms with Crippen LogP contribution in [0.1, 0.15) is 37.7 Å². The molecule has 0 N–H and O–H groups in total. The number of fused-ring (bicyclic) bond motifs is 1. The van der Waals surface area contributed by atoms with Crippen LogP contribution in [0.4, 0.5) is 0 Å². The molecule has 3 aromatic rings. The summed E-state index contributed by atoms with van der Waals surface area (Å²) in [6.45, 7) is 8.09. The van der Waals surface area contributed by atoms with Gasteiger partial charge in [-0.2, -0.15) is 0 Å². The van der Waals surface area contributed by atoms with Crippen molar-refractivity contribution in [3.8, 4) is 0 Å². The molecule has 0 aliphatic heterocycles. The summed E-state index contributed by atoms with van der Waals surface area (Å²) in [5, 5.41) is 0. The van der Waals surface area contributed by atoms with Gasteiger partial charge in [-0.3, -0.25) is 9.20 Å². The summed E-state index contributed by atoms with van der Waals surface area (Å²) in [5.41, 5.74) is 4.96. The summed E-state index contributed by atoms with van der Waals surface area (Å²) in [7, 11) is 0. The van der Waals surface area contributed by atoms with Gasteiger partial charge in [-0.15, -0.1) is 11.3 Å². The number of hydrogen-bond acceptors (Lipinski definition) is 3. The summed E-state index contributed by atoms with van der Waals surface area (Å²) in [5.74, 6) is 0.0180. The first kappa shape index (κ1) is 14.7. The summed E-state index contributed by atoms with van der Waals surface area (Å²) in [6.07, 6.45) is 5.55. The third kappa shape index (κ3) is 2.62. The highest BCUT2D eigenvalue weighted by atomic mass is 32.1. The van der Waals surface area contributed by atoms with E-state index in [-0.39, 0.29) is 5.78 Å². The van der Waals surface area contributed by atoms with Crippen molar-refractivity contribution in [2.45, 2.75) is 27.7 Å². The summed E-state index contributed by atoms with van der Waals surface area (Å²) < 4.78 is 2.04. The van der Waals surface area contributed by atoms with Gasteiger partial charge in [0.05, 0.1) is 11.4 Å². The Morgan fingerprint density at radius 1 is 1.18 bits per heavy atom. The highest BCUT2D eigenvalue weighted by Gasteiger charge is 2.09. The lowest BCUT2D eigenvalue weighted by Gasteiger charge is -2.02. The quantitative estimate of drug-likeness (QED) is 0.526. The minimum absolute atomic E-state index is 0.0180. The van der Waals surface area contributed by atoms with Crippen LogP contribution in [-0.4, -0.2) is 15.2 Å². The second kappa shape index (κ2) is 5.54. The number of aryl methyl sites for hydroxylation is 4. The second-order valence-corrected chi connectivity index (χ2v) is 6.79. The van der Waals surface area contributed by atoms with Crippen molar-refractivity contribution in [1.82, 2.24) is 9.38 Å². The van der Waals surface area contributed by atoms with E-state index >= 15 is 0 Å². The van der Waals surface area contributed by atoms with E-state index < -0.39 is 0 Å². The van der Waals surface area contributed by atoms with E-state index in [1.807, 2.05) is 49.4 Å². The van der Waals surface area contributed by atoms with Gasteiger partial charge in [-0.05, 0) is 57.0 Å². The van der Waals surface area contributed by atoms with Crippen molar-refractivity contribution < 1.29 is 4.79 Å². The van der Waals surface area contributed by atoms with E-state index in [0.717, 1.165) is 27.5 Å². The summed E-state index contributed by atoms with van der Waals surface area (Å²) >= 11 is 1.65. The number of thiazole rings is 1. The normalized spacial score (nSPS) is 11.6. The lowest BCUT2D eigenvalue weighted by atomic mass is 10.0. The van der Waals surface area contributed by atoms with E-state index in [1.54, 1.807) is 17.4 Å². The number of imidazole rings is 1. The molecule has 0 aliphatic rings. The fourth-order valence-electron chi connectivity index (χ4n) is 2.43. The van der Waals surface area contributed by atoms with Crippen LogP contribution in [0, 0.1) is 27.7 Å². The zero-order valence-corrected chi connectivity index (χ0v) is 14.0. The summed E-state index contributed by atoms with van der Waals surface area (Å²) in [4.78, 5) is 19.0. The third-order valence-corrected chi connectivity index (χ3v) is 4.74. The van der Waals surface area contributed by atoms with Crippen LogP contribution in [-0.2, 0) is 0 Å². The standard InChI is InChI=1S/C18H18N2OS/c1-11-5-6-15(9-12(11)2)17(21)8-7-16-14(4)19-18-20(16)10-13(3)22-18/h5-10H,1-4H3/b8-7+. The van der Waals surface area contributed by atoms with Crippen LogP contribution in [0.5, 0.6) is 0 Å². The van der Waals surface area contributed by atoms with Crippen LogP contribution in [0.15, 0.2) is 30.5 Å². The molecule has 0 fully saturated rings. The molecule has 0 radical (unpaired) electrons. The number of carbonyl (C=O) groups excluding carboxylic acids is 1. The molecule has 0 atom stereocenters. The van der Waals surface area contributed by atoms with Crippen molar-refractivity contribution in [1.29, 1.82) is 0 Å². The van der Waals surface area contributed by atoms with Gasteiger partial charge in [0.15, 0.2) is 10.7 Å². The van der Waals surface area contributed by atoms with Crippen molar-refractivity contribution in [2.75, 3.05) is 0 Å². The minimum Gasteiger partial charge on any atom is -0.290 e. The van der Waals surface area contributed by atoms with Crippen LogP contribution >= 0.6 is 11.3 Å². The molecule has 0 amide bonds. The molecule has 22 heavy (non-hydrogen) atoms. The first-order valence-electron chi connectivity index (χ1n) is 7.20. The Balaban J connectivity index is 1.93. The molecular weight excluding hydrogens is 292 g/mol. The van der Waals surface area contributed by atoms with Gasteiger partial charge in [0.1, 0.15) is 0 Å². The maximum absolute atomic E-state index is 12.3. The van der Waals surface area contributed by atoms with E-state index in [2.05, 4.69) is 18.1 Å². The number of ketones is 1. The van der Waals surface area contributed by atoms with Crippen LogP contribution < -0.4 is 0 Å². The number of benzene rings is 1. The average Bonchev–Trinajstić information content (AvgIpc) is 2.94. The average molecular weight is 310 g/mol. The molecule has 3 nitrogen and oxygen atoms in total. The topological polar surface area (TPSA) is 34.4 Å². The molecule has 4 heteroatoms. The maximum atomic E-state index is 12.3. The van der Waals surface area contributed by atoms with E-state index in [1.165, 1.54) is 10.4 Å². The number of hydrogen-bond donors (Lipinski definition) is 0. The van der Waals surface area contributed by atoms with Gasteiger partial charge < -0.3 is 0 Å². The summed E-state index contributed by atoms with van der Waals surface area (Å²) in [6, 6.07) is 5.80. The molecule has 0 aliphatic carbocycles. The highest BCUT2D eigenvalue weighted by Crippen LogP contribution is 2.21.